The molecule has 0 heterocycles. The van der Waals surface area contributed by atoms with Crippen LogP contribution in [-0.2, 0) is 4.57 Å². The van der Waals surface area contributed by atoms with Gasteiger partial charge in [0.25, 0.3) is 0 Å². The van der Waals surface area contributed by atoms with Crippen molar-refractivity contribution in [3.63, 3.8) is 0 Å². The Hall–Kier alpha value is 2.01. The Bertz CT molecular complexity index is 71.5. The predicted molar refractivity (Wildman–Crippen MR) is 33.3 cm³/mol. The van der Waals surface area contributed by atoms with Gasteiger partial charge in [0.1, 0.15) is 0 Å². The molecule has 0 amide bonds. The van der Waals surface area contributed by atoms with Crippen LogP contribution in [0.4, 0.5) is 0 Å². The van der Waals surface area contributed by atoms with Crippen LogP contribution in [0.5, 0.6) is 0 Å². The van der Waals surface area contributed by atoms with Crippen LogP contribution in [0, 0.1) is 0 Å². The summed E-state index contributed by atoms with van der Waals surface area (Å²) < 4.78 is 8.88. The van der Waals surface area contributed by atoms with Gasteiger partial charge in [-0.3, -0.25) is 0 Å². The van der Waals surface area contributed by atoms with Crippen molar-refractivity contribution in [2.45, 2.75) is 0 Å². The van der Waals surface area contributed by atoms with Gasteiger partial charge in [0.15, 0.2) is 17.4 Å². The minimum absolute atomic E-state index is 0. The molecule has 0 aliphatic heterocycles. The molecule has 0 aromatic carbocycles. The minimum atomic E-state index is -4.64. The van der Waals surface area contributed by atoms with Crippen LogP contribution in [0.25, 0.3) is 0 Å². The number of hydrogen-bond donors (Lipinski definition) is 3. The quantitative estimate of drug-likeness (QED) is 0.246. The zero-order chi connectivity index (χ0) is 4.50. The topological polar surface area (TPSA) is 77.8 Å². The molecule has 0 unspecified atom stereocenters. The Balaban J connectivity index is -0.00000000533. The number of rotatable bonds is 0. The van der Waals surface area contributed by atoms with E-state index in [4.69, 9.17) is 19.2 Å². The van der Waals surface area contributed by atoms with Crippen LogP contribution in [-0.4, -0.2) is 55.1 Å². The summed E-state index contributed by atoms with van der Waals surface area (Å²) in [5.41, 5.74) is 0. The Kier molecular flexibility index (Phi) is 25.3. The smallest absolute Gasteiger partial charge is 1.00 e. The summed E-state index contributed by atoms with van der Waals surface area (Å²) in [6, 6.07) is 0. The van der Waals surface area contributed by atoms with Gasteiger partial charge in [0, 0.05) is 0 Å². The summed E-state index contributed by atoms with van der Waals surface area (Å²) in [6.07, 6.45) is 0. The van der Waals surface area contributed by atoms with E-state index < -0.39 is 7.82 Å². The molecule has 8 heavy (non-hydrogen) atoms. The SMILES string of the molecule is O=P(O)(O)O.[AlH3].[H-].[H-].[H-].[Li+].[Mg+2]. The zero-order valence-corrected chi connectivity index (χ0v) is 6.21. The van der Waals surface area contributed by atoms with Crippen molar-refractivity contribution in [3.8, 4) is 0 Å². The maximum Gasteiger partial charge on any atom is 2.00 e. The fraction of sp³-hybridized carbons (Fsp3) is 0. The predicted octanol–water partition coefficient (Wildman–Crippen LogP) is -5.15. The van der Waals surface area contributed by atoms with Crippen LogP contribution < -0.4 is 18.9 Å². The Morgan fingerprint density at radius 3 is 1.25 bits per heavy atom. The maximum atomic E-state index is 8.88. The molecule has 44 valence electrons. The van der Waals surface area contributed by atoms with Crippen molar-refractivity contribution in [1.29, 1.82) is 0 Å². The third-order valence-corrected chi connectivity index (χ3v) is 0. The molecule has 0 aromatic heterocycles. The van der Waals surface area contributed by atoms with E-state index in [1.165, 1.54) is 0 Å². The Morgan fingerprint density at radius 2 is 1.25 bits per heavy atom. The normalized spacial score (nSPS) is 7.38. The third kappa shape index (κ3) is 97.6. The number of phosphoric acid groups is 1. The largest absolute Gasteiger partial charge is 2.00 e. The van der Waals surface area contributed by atoms with Gasteiger partial charge in [-0.2, -0.15) is 0 Å². The third-order valence-electron chi connectivity index (χ3n) is 0. The summed E-state index contributed by atoms with van der Waals surface area (Å²) >= 11 is 0. The molecule has 0 rings (SSSR count). The molecule has 0 bridgehead atoms. The molecule has 0 saturated heterocycles. The first-order valence-electron chi connectivity index (χ1n) is 0.783. The average molecular weight is 162 g/mol. The fourth-order valence-corrected chi connectivity index (χ4v) is 0. The van der Waals surface area contributed by atoms with Crippen LogP contribution in [0.1, 0.15) is 4.28 Å². The van der Waals surface area contributed by atoms with Gasteiger partial charge in [0.05, 0.1) is 0 Å². The van der Waals surface area contributed by atoms with E-state index in [1.807, 2.05) is 0 Å². The maximum absolute atomic E-state index is 8.88. The standard InChI is InChI=1S/Al.Li.Mg.H3O4P.6H/c;;;1-5(2,3)4;;;;;;/h;;;(H3,1,2,3,4);;;;;;/q;+1;+2;;;;;3*-1. The van der Waals surface area contributed by atoms with Gasteiger partial charge >= 0.3 is 49.7 Å². The summed E-state index contributed by atoms with van der Waals surface area (Å²) in [5, 5.41) is 0. The van der Waals surface area contributed by atoms with Crippen molar-refractivity contribution >= 4 is 48.2 Å². The van der Waals surface area contributed by atoms with Crippen LogP contribution in [0.3, 0.4) is 0 Å². The fourth-order valence-electron chi connectivity index (χ4n) is 0. The van der Waals surface area contributed by atoms with Gasteiger partial charge in [-0.25, -0.2) is 4.57 Å². The summed E-state index contributed by atoms with van der Waals surface area (Å²) in [7, 11) is -4.64. The second-order valence-electron chi connectivity index (χ2n) is 0.513. The second kappa shape index (κ2) is 9.01. The van der Waals surface area contributed by atoms with Crippen LogP contribution in [0.2, 0.25) is 0 Å². The molecule has 0 spiro atoms. The molecule has 4 nitrogen and oxygen atoms in total. The molecule has 0 saturated carbocycles. The van der Waals surface area contributed by atoms with E-state index in [1.54, 1.807) is 0 Å². The van der Waals surface area contributed by atoms with Gasteiger partial charge < -0.3 is 19.0 Å². The first kappa shape index (κ1) is 22.5. The van der Waals surface area contributed by atoms with Crippen molar-refractivity contribution in [2.24, 2.45) is 0 Å². The first-order valence-corrected chi connectivity index (χ1v) is 2.35. The Morgan fingerprint density at radius 1 is 1.25 bits per heavy atom. The van der Waals surface area contributed by atoms with Gasteiger partial charge in [-0.15, -0.1) is 0 Å². The van der Waals surface area contributed by atoms with E-state index in [2.05, 4.69) is 0 Å². The molecule has 8 heteroatoms. The van der Waals surface area contributed by atoms with Crippen molar-refractivity contribution in [1.82, 2.24) is 0 Å². The van der Waals surface area contributed by atoms with E-state index in [9.17, 15) is 0 Å². The zero-order valence-electron chi connectivity index (χ0n) is 6.90. The summed E-state index contributed by atoms with van der Waals surface area (Å²) in [5.74, 6) is 0. The summed E-state index contributed by atoms with van der Waals surface area (Å²) in [4.78, 5) is 21.6. The van der Waals surface area contributed by atoms with E-state index in [-0.39, 0.29) is 63.6 Å². The summed E-state index contributed by atoms with van der Waals surface area (Å²) in [6.45, 7) is 0. The molecule has 0 fully saturated rings. The van der Waals surface area contributed by atoms with Gasteiger partial charge in [-0.05, 0) is 0 Å². The van der Waals surface area contributed by atoms with E-state index >= 15 is 0 Å². The molecule has 0 aliphatic rings. The molecule has 0 radical (unpaired) electrons. The minimum Gasteiger partial charge on any atom is -1.00 e. The van der Waals surface area contributed by atoms with E-state index in [0.29, 0.717) is 0 Å². The van der Waals surface area contributed by atoms with Gasteiger partial charge in [-0.1, -0.05) is 0 Å². The van der Waals surface area contributed by atoms with Crippen LogP contribution >= 0.6 is 7.82 Å². The first-order chi connectivity index (χ1) is 2.00. The second-order valence-corrected chi connectivity index (χ2v) is 1.54. The molecule has 3 N–H and O–H groups in total. The molecule has 0 atom stereocenters. The average Bonchev–Trinajstić information content (AvgIpc) is 0.722. The molecular formula is H9AlLiMgO4P. The van der Waals surface area contributed by atoms with Crippen molar-refractivity contribution < 1.29 is 42.4 Å². The molecule has 0 aliphatic carbocycles. The molecule has 0 aromatic rings. The van der Waals surface area contributed by atoms with Crippen molar-refractivity contribution in [3.05, 3.63) is 0 Å². The molecular weight excluding hydrogens is 153 g/mol. The van der Waals surface area contributed by atoms with E-state index in [0.717, 1.165) is 0 Å². The van der Waals surface area contributed by atoms with Gasteiger partial charge in [0.2, 0.25) is 0 Å². The Labute approximate surface area is 90.2 Å². The van der Waals surface area contributed by atoms with Crippen molar-refractivity contribution in [2.75, 3.05) is 0 Å². The number of hydrogen-bond acceptors (Lipinski definition) is 1. The van der Waals surface area contributed by atoms with Crippen LogP contribution in [0.15, 0.2) is 0 Å². The monoisotopic (exact) mass is 162 g/mol.